The van der Waals surface area contributed by atoms with E-state index in [0.29, 0.717) is 0 Å². The van der Waals surface area contributed by atoms with Crippen LogP contribution in [0.5, 0.6) is 0 Å². The van der Waals surface area contributed by atoms with Gasteiger partial charge in [-0.25, -0.2) is 0 Å². The molecule has 1 aromatic carbocycles. The summed E-state index contributed by atoms with van der Waals surface area (Å²) in [4.78, 5) is 0. The van der Waals surface area contributed by atoms with Gasteiger partial charge in [0.1, 0.15) is 0 Å². The number of nitrogens with zero attached hydrogens (tertiary/aromatic N) is 2. The zero-order chi connectivity index (χ0) is 11.5. The Labute approximate surface area is 95.8 Å². The first-order valence-electron chi connectivity index (χ1n) is 5.33. The van der Waals surface area contributed by atoms with Gasteiger partial charge in [-0.15, -0.1) is 0 Å². The van der Waals surface area contributed by atoms with Crippen LogP contribution in [0.4, 0.5) is 0 Å². The molecule has 2 aromatic rings. The highest BCUT2D eigenvalue weighted by Crippen LogP contribution is 2.14. The molecule has 80 valence electrons. The minimum Gasteiger partial charge on any atom is -0.345 e. The summed E-state index contributed by atoms with van der Waals surface area (Å²) in [6, 6.07) is 14.2. The minimum atomic E-state index is 0.759. The molecule has 0 aliphatic heterocycles. The zero-order valence-corrected chi connectivity index (χ0v) is 9.57. The molecule has 0 amide bonds. The van der Waals surface area contributed by atoms with Crippen molar-refractivity contribution in [2.45, 2.75) is 20.4 Å². The van der Waals surface area contributed by atoms with Crippen molar-refractivity contribution in [3.63, 3.8) is 0 Å². The van der Waals surface area contributed by atoms with Gasteiger partial charge in [0.15, 0.2) is 0 Å². The van der Waals surface area contributed by atoms with Gasteiger partial charge in [0, 0.05) is 17.9 Å². The molecule has 0 bridgehead atoms. The van der Waals surface area contributed by atoms with E-state index in [2.05, 4.69) is 36.6 Å². The van der Waals surface area contributed by atoms with E-state index >= 15 is 0 Å². The maximum Gasteiger partial charge on any atom is 0.0995 e. The summed E-state index contributed by atoms with van der Waals surface area (Å²) >= 11 is 0. The van der Waals surface area contributed by atoms with Crippen molar-refractivity contribution in [3.05, 3.63) is 58.9 Å². The van der Waals surface area contributed by atoms with Crippen LogP contribution < -0.4 is 0 Å². The number of hydrogen-bond donors (Lipinski definition) is 0. The zero-order valence-electron chi connectivity index (χ0n) is 9.57. The molecule has 0 aliphatic carbocycles. The van der Waals surface area contributed by atoms with Crippen LogP contribution in [-0.2, 0) is 6.54 Å². The Kier molecular flexibility index (Phi) is 2.78. The highest BCUT2D eigenvalue weighted by atomic mass is 15.0. The molecular weight excluding hydrogens is 196 g/mol. The van der Waals surface area contributed by atoms with E-state index in [1.54, 1.807) is 0 Å². The third-order valence-electron chi connectivity index (χ3n) is 2.88. The third-order valence-corrected chi connectivity index (χ3v) is 2.88. The Morgan fingerprint density at radius 3 is 2.31 bits per heavy atom. The van der Waals surface area contributed by atoms with Crippen molar-refractivity contribution >= 4 is 0 Å². The fraction of sp³-hybridized carbons (Fsp3) is 0.214. The first-order valence-corrected chi connectivity index (χ1v) is 5.33. The fourth-order valence-corrected chi connectivity index (χ4v) is 1.89. The summed E-state index contributed by atoms with van der Waals surface area (Å²) in [5, 5.41) is 9.03. The topological polar surface area (TPSA) is 28.7 Å². The average molecular weight is 210 g/mol. The van der Waals surface area contributed by atoms with Crippen LogP contribution in [0, 0.1) is 25.2 Å². The van der Waals surface area contributed by atoms with Crippen LogP contribution in [0.25, 0.3) is 0 Å². The Balaban J connectivity index is 2.38. The molecule has 0 saturated heterocycles. The standard InChI is InChI=1S/C14H14N2/c1-11-7-8-12(2)16(11)10-14-6-4-3-5-13(14)9-15/h3-8H,10H2,1-2H3. The second kappa shape index (κ2) is 4.24. The molecule has 0 radical (unpaired) electrons. The van der Waals surface area contributed by atoms with E-state index in [4.69, 9.17) is 5.26 Å². The quantitative estimate of drug-likeness (QED) is 0.749. The monoisotopic (exact) mass is 210 g/mol. The maximum atomic E-state index is 9.03. The van der Waals surface area contributed by atoms with Gasteiger partial charge in [-0.3, -0.25) is 0 Å². The van der Waals surface area contributed by atoms with Crippen LogP contribution in [0.3, 0.4) is 0 Å². The SMILES string of the molecule is Cc1ccc(C)n1Cc1ccccc1C#N. The van der Waals surface area contributed by atoms with Crippen LogP contribution in [-0.4, -0.2) is 4.57 Å². The molecule has 0 saturated carbocycles. The van der Waals surface area contributed by atoms with E-state index in [9.17, 15) is 0 Å². The number of benzene rings is 1. The number of aryl methyl sites for hydroxylation is 2. The number of rotatable bonds is 2. The van der Waals surface area contributed by atoms with E-state index in [1.165, 1.54) is 11.4 Å². The Morgan fingerprint density at radius 2 is 1.69 bits per heavy atom. The van der Waals surface area contributed by atoms with Crippen LogP contribution in [0.15, 0.2) is 36.4 Å². The van der Waals surface area contributed by atoms with Crippen molar-refractivity contribution in [2.75, 3.05) is 0 Å². The summed E-state index contributed by atoms with van der Waals surface area (Å²) in [5.74, 6) is 0. The van der Waals surface area contributed by atoms with E-state index in [0.717, 1.165) is 17.7 Å². The lowest BCUT2D eigenvalue weighted by molar-refractivity contribution is 0.748. The highest BCUT2D eigenvalue weighted by Gasteiger charge is 2.05. The fourth-order valence-electron chi connectivity index (χ4n) is 1.89. The molecule has 1 aromatic heterocycles. The van der Waals surface area contributed by atoms with E-state index in [1.807, 2.05) is 24.3 Å². The molecule has 0 atom stereocenters. The van der Waals surface area contributed by atoms with Gasteiger partial charge in [0.05, 0.1) is 11.6 Å². The molecule has 16 heavy (non-hydrogen) atoms. The van der Waals surface area contributed by atoms with Crippen molar-refractivity contribution in [2.24, 2.45) is 0 Å². The second-order valence-electron chi connectivity index (χ2n) is 3.97. The molecule has 0 aliphatic rings. The highest BCUT2D eigenvalue weighted by molar-refractivity contribution is 5.38. The Bertz CT molecular complexity index is 525. The number of aromatic nitrogens is 1. The normalized spacial score (nSPS) is 10.1. The predicted octanol–water partition coefficient (Wildman–Crippen LogP) is 3.02. The van der Waals surface area contributed by atoms with E-state index in [-0.39, 0.29) is 0 Å². The lowest BCUT2D eigenvalue weighted by atomic mass is 10.1. The lowest BCUT2D eigenvalue weighted by Gasteiger charge is -2.10. The van der Waals surface area contributed by atoms with Gasteiger partial charge in [0.25, 0.3) is 0 Å². The molecule has 0 fully saturated rings. The molecule has 2 rings (SSSR count). The summed E-state index contributed by atoms with van der Waals surface area (Å²) in [6.07, 6.45) is 0. The summed E-state index contributed by atoms with van der Waals surface area (Å²) < 4.78 is 2.22. The minimum absolute atomic E-state index is 0.759. The largest absolute Gasteiger partial charge is 0.345 e. The van der Waals surface area contributed by atoms with Crippen molar-refractivity contribution < 1.29 is 0 Å². The Hall–Kier alpha value is -2.01. The number of hydrogen-bond acceptors (Lipinski definition) is 1. The third kappa shape index (κ3) is 1.85. The van der Waals surface area contributed by atoms with Gasteiger partial charge in [-0.05, 0) is 37.6 Å². The van der Waals surface area contributed by atoms with Gasteiger partial charge in [-0.2, -0.15) is 5.26 Å². The van der Waals surface area contributed by atoms with Gasteiger partial charge in [-0.1, -0.05) is 18.2 Å². The van der Waals surface area contributed by atoms with E-state index < -0.39 is 0 Å². The first-order chi connectivity index (χ1) is 7.72. The van der Waals surface area contributed by atoms with Gasteiger partial charge >= 0.3 is 0 Å². The predicted molar refractivity (Wildman–Crippen MR) is 64.2 cm³/mol. The Morgan fingerprint density at radius 1 is 1.06 bits per heavy atom. The molecule has 0 unspecified atom stereocenters. The van der Waals surface area contributed by atoms with Gasteiger partial charge < -0.3 is 4.57 Å². The maximum absolute atomic E-state index is 9.03. The van der Waals surface area contributed by atoms with Crippen LogP contribution in [0.2, 0.25) is 0 Å². The van der Waals surface area contributed by atoms with Crippen LogP contribution in [0.1, 0.15) is 22.5 Å². The first kappa shape index (κ1) is 10.5. The second-order valence-corrected chi connectivity index (χ2v) is 3.97. The van der Waals surface area contributed by atoms with Crippen molar-refractivity contribution in [1.82, 2.24) is 4.57 Å². The van der Waals surface area contributed by atoms with Gasteiger partial charge in [0.2, 0.25) is 0 Å². The molecule has 0 spiro atoms. The smallest absolute Gasteiger partial charge is 0.0995 e. The molecule has 1 heterocycles. The summed E-state index contributed by atoms with van der Waals surface area (Å²) in [6.45, 7) is 4.94. The summed E-state index contributed by atoms with van der Waals surface area (Å²) in [7, 11) is 0. The van der Waals surface area contributed by atoms with Crippen LogP contribution >= 0.6 is 0 Å². The average Bonchev–Trinajstić information content (AvgIpc) is 2.61. The lowest BCUT2D eigenvalue weighted by Crippen LogP contribution is -2.04. The van der Waals surface area contributed by atoms with Crippen molar-refractivity contribution in [3.8, 4) is 6.07 Å². The van der Waals surface area contributed by atoms with Crippen molar-refractivity contribution in [1.29, 1.82) is 5.26 Å². The summed E-state index contributed by atoms with van der Waals surface area (Å²) in [5.41, 5.74) is 4.29. The molecule has 2 nitrogen and oxygen atoms in total. The number of nitriles is 1. The molecular formula is C14H14N2. The molecule has 0 N–H and O–H groups in total. The molecule has 2 heteroatoms.